The van der Waals surface area contributed by atoms with Crippen molar-refractivity contribution in [1.82, 2.24) is 5.32 Å². The Morgan fingerprint density at radius 2 is 2.09 bits per heavy atom. The first-order chi connectivity index (χ1) is 11.0. The molecular formula is C16H14N2O4S. The van der Waals surface area contributed by atoms with Crippen LogP contribution in [0.4, 0.5) is 5.69 Å². The number of benzene rings is 1. The molecule has 0 atom stereocenters. The minimum absolute atomic E-state index is 0.0738. The molecule has 0 unspecified atom stereocenters. The summed E-state index contributed by atoms with van der Waals surface area (Å²) < 4.78 is 5.06. The smallest absolute Gasteiger partial charge is 0.335 e. The van der Waals surface area contributed by atoms with E-state index in [1.807, 2.05) is 0 Å². The third kappa shape index (κ3) is 4.79. The van der Waals surface area contributed by atoms with Gasteiger partial charge in [-0.2, -0.15) is 0 Å². The van der Waals surface area contributed by atoms with Crippen molar-refractivity contribution in [3.8, 4) is 0 Å². The van der Waals surface area contributed by atoms with Gasteiger partial charge in [0.05, 0.1) is 11.8 Å². The summed E-state index contributed by atoms with van der Waals surface area (Å²) in [7, 11) is 0. The Morgan fingerprint density at radius 3 is 2.74 bits per heavy atom. The van der Waals surface area contributed by atoms with Crippen molar-refractivity contribution >= 4 is 41.0 Å². The van der Waals surface area contributed by atoms with Crippen LogP contribution in [-0.2, 0) is 4.79 Å². The summed E-state index contributed by atoms with van der Waals surface area (Å²) in [6.45, 7) is 1.80. The second-order valence-corrected chi connectivity index (χ2v) is 5.04. The van der Waals surface area contributed by atoms with Crippen LogP contribution in [0.15, 0.2) is 47.1 Å². The summed E-state index contributed by atoms with van der Waals surface area (Å²) in [6.07, 6.45) is 4.30. The molecule has 23 heavy (non-hydrogen) atoms. The molecule has 0 bridgehead atoms. The highest BCUT2D eigenvalue weighted by Crippen LogP contribution is 2.16. The number of carbonyl (C=O) groups is 2. The number of hydrogen-bond donors (Lipinski definition) is 3. The monoisotopic (exact) mass is 330 g/mol. The molecule has 1 aromatic heterocycles. The first-order valence-electron chi connectivity index (χ1n) is 6.63. The Morgan fingerprint density at radius 1 is 1.30 bits per heavy atom. The van der Waals surface area contributed by atoms with Gasteiger partial charge in [0.25, 0.3) is 0 Å². The van der Waals surface area contributed by atoms with Gasteiger partial charge in [0, 0.05) is 11.8 Å². The van der Waals surface area contributed by atoms with Crippen LogP contribution in [0.25, 0.3) is 6.08 Å². The van der Waals surface area contributed by atoms with E-state index in [0.29, 0.717) is 11.4 Å². The summed E-state index contributed by atoms with van der Waals surface area (Å²) in [5.74, 6) is -0.917. The zero-order valence-electron chi connectivity index (χ0n) is 12.2. The maximum Gasteiger partial charge on any atom is 0.335 e. The van der Waals surface area contributed by atoms with Crippen LogP contribution >= 0.6 is 12.2 Å². The topological polar surface area (TPSA) is 91.6 Å². The van der Waals surface area contributed by atoms with Crippen LogP contribution in [0.2, 0.25) is 0 Å². The number of nitrogens with one attached hydrogen (secondary N) is 2. The lowest BCUT2D eigenvalue weighted by molar-refractivity contribution is -0.115. The normalized spacial score (nSPS) is 10.5. The van der Waals surface area contributed by atoms with Gasteiger partial charge in [0.1, 0.15) is 5.76 Å². The van der Waals surface area contributed by atoms with Crippen molar-refractivity contribution in [3.05, 3.63) is 59.6 Å². The Bertz CT molecular complexity index is 766. The van der Waals surface area contributed by atoms with Gasteiger partial charge in [0.2, 0.25) is 5.91 Å². The molecule has 0 fully saturated rings. The molecule has 0 aliphatic rings. The molecule has 0 saturated carbocycles. The highest BCUT2D eigenvalue weighted by atomic mass is 32.1. The van der Waals surface area contributed by atoms with Gasteiger partial charge in [-0.25, -0.2) is 4.79 Å². The fourth-order valence-electron chi connectivity index (χ4n) is 1.74. The van der Waals surface area contributed by atoms with Gasteiger partial charge < -0.3 is 14.8 Å². The van der Waals surface area contributed by atoms with E-state index in [1.165, 1.54) is 30.5 Å². The number of furan rings is 1. The highest BCUT2D eigenvalue weighted by Gasteiger charge is 2.08. The first-order valence-corrected chi connectivity index (χ1v) is 7.04. The molecule has 1 heterocycles. The van der Waals surface area contributed by atoms with Crippen molar-refractivity contribution in [2.75, 3.05) is 5.32 Å². The quantitative estimate of drug-likeness (QED) is 0.590. The lowest BCUT2D eigenvalue weighted by Gasteiger charge is -2.11. The molecule has 2 aromatic rings. The number of anilines is 1. The van der Waals surface area contributed by atoms with Crippen LogP contribution in [0.3, 0.4) is 0 Å². The molecule has 0 aliphatic heterocycles. The largest absolute Gasteiger partial charge is 0.478 e. The molecule has 118 valence electrons. The Balaban J connectivity index is 1.98. The maximum atomic E-state index is 11.7. The van der Waals surface area contributed by atoms with Crippen molar-refractivity contribution in [2.45, 2.75) is 6.92 Å². The van der Waals surface area contributed by atoms with Gasteiger partial charge in [-0.15, -0.1) is 0 Å². The van der Waals surface area contributed by atoms with Crippen molar-refractivity contribution < 1.29 is 19.1 Å². The van der Waals surface area contributed by atoms with Gasteiger partial charge >= 0.3 is 5.97 Å². The summed E-state index contributed by atoms with van der Waals surface area (Å²) in [4.78, 5) is 22.7. The average Bonchev–Trinajstić information content (AvgIpc) is 3.00. The minimum atomic E-state index is -1.04. The van der Waals surface area contributed by atoms with E-state index < -0.39 is 11.9 Å². The van der Waals surface area contributed by atoms with E-state index in [1.54, 1.807) is 25.1 Å². The van der Waals surface area contributed by atoms with Crippen LogP contribution < -0.4 is 10.6 Å². The molecule has 7 heteroatoms. The molecule has 0 spiro atoms. The highest BCUT2D eigenvalue weighted by molar-refractivity contribution is 7.80. The van der Waals surface area contributed by atoms with Gasteiger partial charge in [-0.1, -0.05) is 6.07 Å². The number of carboxylic acid groups (broad SMARTS) is 1. The molecule has 0 radical (unpaired) electrons. The number of thiocarbonyl (C=S) groups is 1. The van der Waals surface area contributed by atoms with Crippen molar-refractivity contribution in [3.63, 3.8) is 0 Å². The van der Waals surface area contributed by atoms with E-state index in [0.717, 1.165) is 5.56 Å². The number of carboxylic acids is 1. The van der Waals surface area contributed by atoms with Crippen molar-refractivity contribution in [2.24, 2.45) is 0 Å². The number of carbonyl (C=O) groups excluding carboxylic acids is 1. The number of hydrogen-bond acceptors (Lipinski definition) is 4. The summed E-state index contributed by atoms with van der Waals surface area (Å²) >= 11 is 5.05. The van der Waals surface area contributed by atoms with E-state index in [2.05, 4.69) is 10.6 Å². The average molecular weight is 330 g/mol. The Labute approximate surface area is 137 Å². The molecule has 0 aliphatic carbocycles. The molecular weight excluding hydrogens is 316 g/mol. The Kier molecular flexibility index (Phi) is 5.27. The molecule has 3 N–H and O–H groups in total. The molecule has 6 nitrogen and oxygen atoms in total. The summed E-state index contributed by atoms with van der Waals surface area (Å²) in [5, 5.41) is 14.3. The first kappa shape index (κ1) is 16.4. The fraction of sp³-hybridized carbons (Fsp3) is 0.0625. The molecule has 0 saturated heterocycles. The minimum Gasteiger partial charge on any atom is -0.478 e. The van der Waals surface area contributed by atoms with Crippen LogP contribution in [0.1, 0.15) is 21.7 Å². The third-order valence-corrected chi connectivity index (χ3v) is 3.12. The third-order valence-electron chi connectivity index (χ3n) is 2.91. The van der Waals surface area contributed by atoms with E-state index >= 15 is 0 Å². The molecule has 1 aromatic carbocycles. The van der Waals surface area contributed by atoms with Crippen LogP contribution in [0, 0.1) is 6.92 Å². The lowest BCUT2D eigenvalue weighted by atomic mass is 10.1. The van der Waals surface area contributed by atoms with Crippen LogP contribution in [0.5, 0.6) is 0 Å². The zero-order chi connectivity index (χ0) is 16.8. The van der Waals surface area contributed by atoms with Gasteiger partial charge in [0.15, 0.2) is 5.11 Å². The van der Waals surface area contributed by atoms with Gasteiger partial charge in [-0.05, 0) is 55.0 Å². The SMILES string of the molecule is Cc1ccc(C(=O)O)cc1NC(=S)NC(=O)/C=C/c1ccco1. The second-order valence-electron chi connectivity index (χ2n) is 4.63. The molecule has 1 amide bonds. The van der Waals surface area contributed by atoms with E-state index in [9.17, 15) is 9.59 Å². The number of aryl methyl sites for hydroxylation is 1. The maximum absolute atomic E-state index is 11.7. The Hall–Kier alpha value is -2.93. The summed E-state index contributed by atoms with van der Waals surface area (Å²) in [5.41, 5.74) is 1.45. The lowest BCUT2D eigenvalue weighted by Crippen LogP contribution is -2.33. The number of rotatable bonds is 4. The number of amides is 1. The van der Waals surface area contributed by atoms with E-state index in [-0.39, 0.29) is 10.7 Å². The predicted octanol–water partition coefficient (Wildman–Crippen LogP) is 2.81. The predicted molar refractivity (Wildman–Crippen MR) is 90.2 cm³/mol. The summed E-state index contributed by atoms with van der Waals surface area (Å²) in [6, 6.07) is 8.03. The molecule has 2 rings (SSSR count). The number of aromatic carboxylic acids is 1. The zero-order valence-corrected chi connectivity index (χ0v) is 13.0. The standard InChI is InChI=1S/C16H14N2O4S/c1-10-4-5-11(15(20)21)9-13(10)17-16(23)18-14(19)7-6-12-3-2-8-22-12/h2-9H,1H3,(H,20,21)(H2,17,18,19,23)/b7-6+. The van der Waals surface area contributed by atoms with Gasteiger partial charge in [-0.3, -0.25) is 10.1 Å². The fourth-order valence-corrected chi connectivity index (χ4v) is 1.95. The second kappa shape index (κ2) is 7.37. The van der Waals surface area contributed by atoms with Crippen LogP contribution in [-0.4, -0.2) is 22.1 Å². The van der Waals surface area contributed by atoms with Crippen molar-refractivity contribution in [1.29, 1.82) is 0 Å². The van der Waals surface area contributed by atoms with E-state index in [4.69, 9.17) is 21.7 Å².